The molecule has 0 aliphatic heterocycles. The van der Waals surface area contributed by atoms with E-state index in [4.69, 9.17) is 25.8 Å². The molecule has 0 saturated carbocycles. The summed E-state index contributed by atoms with van der Waals surface area (Å²) >= 11 is 5.94. The number of carbonyl (C=O) groups excluding carboxylic acids is 1. The molecule has 0 radical (unpaired) electrons. The van der Waals surface area contributed by atoms with E-state index in [9.17, 15) is 4.79 Å². The van der Waals surface area contributed by atoms with Gasteiger partial charge in [-0.1, -0.05) is 29.8 Å². The molecule has 0 fully saturated rings. The van der Waals surface area contributed by atoms with Gasteiger partial charge in [-0.15, -0.1) is 0 Å². The number of rotatable bonds is 5. The van der Waals surface area contributed by atoms with Gasteiger partial charge in [-0.25, -0.2) is 4.79 Å². The summed E-state index contributed by atoms with van der Waals surface area (Å²) in [4.78, 5) is 11.7. The molecule has 0 N–H and O–H groups in total. The van der Waals surface area contributed by atoms with E-state index in [1.165, 1.54) is 13.2 Å². The lowest BCUT2D eigenvalue weighted by atomic mass is 9.97. The minimum atomic E-state index is -0.440. The maximum absolute atomic E-state index is 11.7. The molecular weight excluding hydrogens is 316 g/mol. The average molecular weight is 333 g/mol. The molecule has 0 atom stereocenters. The van der Waals surface area contributed by atoms with Gasteiger partial charge in [-0.3, -0.25) is 0 Å². The Morgan fingerprint density at radius 2 is 1.52 bits per heavy atom. The number of hydrogen-bond acceptors (Lipinski definition) is 4. The quantitative estimate of drug-likeness (QED) is 0.614. The Morgan fingerprint density at radius 3 is 2.09 bits per heavy atom. The van der Waals surface area contributed by atoms with Gasteiger partial charge in [0.2, 0.25) is 0 Å². The Balaban J connectivity index is 2.56. The van der Waals surface area contributed by atoms with Crippen LogP contribution in [0.2, 0.25) is 5.02 Å². The SMILES string of the molecule is COC(=O)/C=C(/c1ccc(Cl)cc1)c1ccc(OC)c(OC)c1. The molecule has 0 spiro atoms. The second kappa shape index (κ2) is 7.70. The van der Waals surface area contributed by atoms with Gasteiger partial charge in [0.1, 0.15) is 0 Å². The summed E-state index contributed by atoms with van der Waals surface area (Å²) in [5, 5.41) is 0.624. The van der Waals surface area contributed by atoms with Crippen molar-refractivity contribution in [2.75, 3.05) is 21.3 Å². The molecule has 0 bridgehead atoms. The predicted molar refractivity (Wildman–Crippen MR) is 90.1 cm³/mol. The maximum atomic E-state index is 11.7. The van der Waals surface area contributed by atoms with Crippen LogP contribution in [0.3, 0.4) is 0 Å². The molecule has 5 heteroatoms. The fourth-order valence-corrected chi connectivity index (χ4v) is 2.27. The highest BCUT2D eigenvalue weighted by atomic mass is 35.5. The van der Waals surface area contributed by atoms with E-state index in [0.717, 1.165) is 11.1 Å². The van der Waals surface area contributed by atoms with Crippen molar-refractivity contribution < 1.29 is 19.0 Å². The van der Waals surface area contributed by atoms with Crippen LogP contribution in [0.5, 0.6) is 11.5 Å². The first kappa shape index (κ1) is 16.9. The van der Waals surface area contributed by atoms with Crippen molar-refractivity contribution in [2.24, 2.45) is 0 Å². The van der Waals surface area contributed by atoms with Gasteiger partial charge in [-0.05, 0) is 41.0 Å². The van der Waals surface area contributed by atoms with Gasteiger partial charge in [0.05, 0.1) is 21.3 Å². The number of carbonyl (C=O) groups is 1. The Kier molecular flexibility index (Phi) is 5.66. The lowest BCUT2D eigenvalue weighted by Crippen LogP contribution is -1.99. The predicted octanol–water partition coefficient (Wildman–Crippen LogP) is 3.96. The van der Waals surface area contributed by atoms with Crippen LogP contribution in [0.4, 0.5) is 0 Å². The zero-order valence-corrected chi connectivity index (χ0v) is 13.9. The summed E-state index contributed by atoms with van der Waals surface area (Å²) in [6.45, 7) is 0. The molecule has 23 heavy (non-hydrogen) atoms. The second-order valence-corrected chi connectivity index (χ2v) is 5.09. The Morgan fingerprint density at radius 1 is 0.913 bits per heavy atom. The Bertz CT molecular complexity index is 720. The Labute approximate surface area is 140 Å². The third kappa shape index (κ3) is 4.05. The molecular formula is C18H17ClO4. The van der Waals surface area contributed by atoms with E-state index < -0.39 is 5.97 Å². The lowest BCUT2D eigenvalue weighted by molar-refractivity contribution is -0.134. The van der Waals surface area contributed by atoms with Gasteiger partial charge >= 0.3 is 5.97 Å². The second-order valence-electron chi connectivity index (χ2n) is 4.66. The van der Waals surface area contributed by atoms with E-state index >= 15 is 0 Å². The normalized spacial score (nSPS) is 11.0. The van der Waals surface area contributed by atoms with Crippen molar-refractivity contribution in [3.63, 3.8) is 0 Å². The number of ether oxygens (including phenoxy) is 3. The molecule has 2 rings (SSSR count). The highest BCUT2D eigenvalue weighted by Crippen LogP contribution is 2.33. The lowest BCUT2D eigenvalue weighted by Gasteiger charge is -2.12. The van der Waals surface area contributed by atoms with Gasteiger partial charge in [0, 0.05) is 11.1 Å². The zero-order chi connectivity index (χ0) is 16.8. The first-order chi connectivity index (χ1) is 11.1. The van der Waals surface area contributed by atoms with Crippen LogP contribution in [0.25, 0.3) is 5.57 Å². The fourth-order valence-electron chi connectivity index (χ4n) is 2.14. The van der Waals surface area contributed by atoms with E-state index in [2.05, 4.69) is 0 Å². The molecule has 0 unspecified atom stereocenters. The molecule has 0 aliphatic rings. The summed E-state index contributed by atoms with van der Waals surface area (Å²) < 4.78 is 15.3. The molecule has 2 aromatic carbocycles. The first-order valence-corrected chi connectivity index (χ1v) is 7.24. The molecule has 0 aliphatic carbocycles. The van der Waals surface area contributed by atoms with Crippen LogP contribution in [0, 0.1) is 0 Å². The Hall–Kier alpha value is -2.46. The zero-order valence-electron chi connectivity index (χ0n) is 13.1. The third-order valence-electron chi connectivity index (χ3n) is 3.31. The highest BCUT2D eigenvalue weighted by Gasteiger charge is 2.12. The number of benzene rings is 2. The molecule has 0 heterocycles. The molecule has 4 nitrogen and oxygen atoms in total. The average Bonchev–Trinajstić information content (AvgIpc) is 2.59. The highest BCUT2D eigenvalue weighted by molar-refractivity contribution is 6.30. The summed E-state index contributed by atoms with van der Waals surface area (Å²) in [5.41, 5.74) is 2.34. The summed E-state index contributed by atoms with van der Waals surface area (Å²) in [5.74, 6) is 0.754. The maximum Gasteiger partial charge on any atom is 0.331 e. The van der Waals surface area contributed by atoms with Gasteiger partial charge in [-0.2, -0.15) is 0 Å². The monoisotopic (exact) mass is 332 g/mol. The van der Waals surface area contributed by atoms with Gasteiger partial charge in [0.25, 0.3) is 0 Å². The minimum Gasteiger partial charge on any atom is -0.493 e. The van der Waals surface area contributed by atoms with Gasteiger partial charge < -0.3 is 14.2 Å². The fraction of sp³-hybridized carbons (Fsp3) is 0.167. The van der Waals surface area contributed by atoms with Crippen LogP contribution in [0.1, 0.15) is 11.1 Å². The molecule has 2 aromatic rings. The van der Waals surface area contributed by atoms with E-state index in [-0.39, 0.29) is 0 Å². The van der Waals surface area contributed by atoms with Crippen LogP contribution in [-0.2, 0) is 9.53 Å². The first-order valence-electron chi connectivity index (χ1n) is 6.87. The van der Waals surface area contributed by atoms with Crippen molar-refractivity contribution in [2.45, 2.75) is 0 Å². The van der Waals surface area contributed by atoms with Crippen molar-refractivity contribution in [1.82, 2.24) is 0 Å². The van der Waals surface area contributed by atoms with Crippen LogP contribution in [-0.4, -0.2) is 27.3 Å². The van der Waals surface area contributed by atoms with E-state index in [0.29, 0.717) is 22.1 Å². The molecule has 0 saturated heterocycles. The standard InChI is InChI=1S/C18H17ClO4/c1-21-16-9-6-13(10-17(16)22-2)15(11-18(20)23-3)12-4-7-14(19)8-5-12/h4-11H,1-3H3/b15-11-. The van der Waals surface area contributed by atoms with Crippen molar-refractivity contribution in [3.05, 3.63) is 64.7 Å². The number of esters is 1. The van der Waals surface area contributed by atoms with Crippen LogP contribution in [0.15, 0.2) is 48.5 Å². The largest absolute Gasteiger partial charge is 0.493 e. The third-order valence-corrected chi connectivity index (χ3v) is 3.57. The smallest absolute Gasteiger partial charge is 0.331 e. The van der Waals surface area contributed by atoms with Crippen molar-refractivity contribution >= 4 is 23.1 Å². The topological polar surface area (TPSA) is 44.8 Å². The van der Waals surface area contributed by atoms with Crippen LogP contribution >= 0.6 is 11.6 Å². The van der Waals surface area contributed by atoms with Crippen molar-refractivity contribution in [3.8, 4) is 11.5 Å². The summed E-state index contributed by atoms with van der Waals surface area (Å²) in [7, 11) is 4.47. The van der Waals surface area contributed by atoms with Crippen molar-refractivity contribution in [1.29, 1.82) is 0 Å². The number of methoxy groups -OCH3 is 3. The molecule has 0 aromatic heterocycles. The summed E-state index contributed by atoms with van der Waals surface area (Å²) in [6, 6.07) is 12.7. The minimum absolute atomic E-state index is 0.440. The van der Waals surface area contributed by atoms with E-state index in [1.807, 2.05) is 24.3 Å². The molecule has 120 valence electrons. The van der Waals surface area contributed by atoms with Gasteiger partial charge in [0.15, 0.2) is 11.5 Å². The van der Waals surface area contributed by atoms with E-state index in [1.54, 1.807) is 32.4 Å². The number of halogens is 1. The number of hydrogen-bond donors (Lipinski definition) is 0. The molecule has 0 amide bonds. The summed E-state index contributed by atoms with van der Waals surface area (Å²) in [6.07, 6.45) is 1.44. The van der Waals surface area contributed by atoms with Crippen LogP contribution < -0.4 is 9.47 Å².